The minimum atomic E-state index is -0.351. The molecule has 5 aromatic rings. The molecular formula is C53H65N3O8S. The average Bonchev–Trinajstić information content (AvgIpc) is 4.07. The molecule has 2 heterocycles. The molecule has 1 saturated heterocycles. The lowest BCUT2D eigenvalue weighted by Crippen LogP contribution is -2.30. The van der Waals surface area contributed by atoms with Crippen LogP contribution in [0.2, 0.25) is 0 Å². The van der Waals surface area contributed by atoms with E-state index in [-0.39, 0.29) is 25.0 Å². The highest BCUT2D eigenvalue weighted by Crippen LogP contribution is 2.41. The van der Waals surface area contributed by atoms with Gasteiger partial charge in [0.15, 0.2) is 6.29 Å². The third kappa shape index (κ3) is 13.8. The molecule has 1 aromatic heterocycles. The topological polar surface area (TPSA) is 113 Å². The zero-order chi connectivity index (χ0) is 44.8. The third-order valence-electron chi connectivity index (χ3n) is 12.8. The molecule has 8 rings (SSSR count). The van der Waals surface area contributed by atoms with Crippen molar-refractivity contribution >= 4 is 49.6 Å². The number of fused-ring (bicyclic) bond motifs is 2. The summed E-state index contributed by atoms with van der Waals surface area (Å²) in [6.45, 7) is 12.0. The van der Waals surface area contributed by atoms with Crippen molar-refractivity contribution in [3.05, 3.63) is 102 Å². The maximum absolute atomic E-state index is 11.6. The predicted molar refractivity (Wildman–Crippen MR) is 258 cm³/mol. The van der Waals surface area contributed by atoms with E-state index in [4.69, 9.17) is 43.2 Å². The van der Waals surface area contributed by atoms with Gasteiger partial charge in [-0.1, -0.05) is 61.6 Å². The monoisotopic (exact) mass is 903 g/mol. The number of thiazole rings is 1. The molecule has 0 N–H and O–H groups in total. The number of ether oxygens (including phenoxy) is 7. The second-order valence-electron chi connectivity index (χ2n) is 17.8. The first-order valence-electron chi connectivity index (χ1n) is 23.8. The zero-order valence-corrected chi connectivity index (χ0v) is 38.9. The van der Waals surface area contributed by atoms with Crippen LogP contribution in [-0.4, -0.2) is 75.7 Å². The molecule has 2 aliphatic carbocycles. The Morgan fingerprint density at radius 2 is 1.58 bits per heavy atom. The summed E-state index contributed by atoms with van der Waals surface area (Å²) in [7, 11) is 0. The number of epoxide rings is 1. The number of hydrogen-bond acceptors (Lipinski definition) is 12. The van der Waals surface area contributed by atoms with Crippen LogP contribution in [0, 0.1) is 17.8 Å². The van der Waals surface area contributed by atoms with Gasteiger partial charge in [0.1, 0.15) is 37.1 Å². The molecule has 1 aliphatic heterocycles. The van der Waals surface area contributed by atoms with E-state index in [1.807, 2.05) is 35.5 Å². The van der Waals surface area contributed by atoms with Gasteiger partial charge >= 0.3 is 5.97 Å². The molecule has 1 atom stereocenters. The van der Waals surface area contributed by atoms with Gasteiger partial charge in [0.2, 0.25) is 5.13 Å². The second-order valence-corrected chi connectivity index (χ2v) is 18.8. The summed E-state index contributed by atoms with van der Waals surface area (Å²) in [6.07, 6.45) is 14.5. The average molecular weight is 904 g/mol. The van der Waals surface area contributed by atoms with E-state index in [1.165, 1.54) is 38.5 Å². The fourth-order valence-electron chi connectivity index (χ4n) is 8.91. The number of nitrogens with zero attached hydrogens (tertiary/aromatic N) is 3. The summed E-state index contributed by atoms with van der Waals surface area (Å²) in [6, 6.07) is 27.0. The van der Waals surface area contributed by atoms with Crippen molar-refractivity contribution in [1.29, 1.82) is 0 Å². The van der Waals surface area contributed by atoms with Crippen molar-refractivity contribution < 1.29 is 38.0 Å². The molecule has 3 aliphatic rings. The van der Waals surface area contributed by atoms with Gasteiger partial charge in [-0.05, 0) is 147 Å². The van der Waals surface area contributed by atoms with Gasteiger partial charge in [-0.2, -0.15) is 5.10 Å². The van der Waals surface area contributed by atoms with Gasteiger partial charge < -0.3 is 33.2 Å². The van der Waals surface area contributed by atoms with Crippen molar-refractivity contribution in [2.24, 2.45) is 22.9 Å². The largest absolute Gasteiger partial charge is 0.493 e. The van der Waals surface area contributed by atoms with E-state index in [0.29, 0.717) is 51.1 Å². The van der Waals surface area contributed by atoms with E-state index in [0.717, 1.165) is 105 Å². The first-order valence-corrected chi connectivity index (χ1v) is 24.6. The van der Waals surface area contributed by atoms with Crippen molar-refractivity contribution in [3.8, 4) is 17.2 Å². The van der Waals surface area contributed by atoms with Crippen LogP contribution in [0.5, 0.6) is 17.2 Å². The number of anilines is 1. The third-order valence-corrected chi connectivity index (χ3v) is 13.8. The molecule has 65 heavy (non-hydrogen) atoms. The van der Waals surface area contributed by atoms with Crippen molar-refractivity contribution in [3.63, 3.8) is 0 Å². The van der Waals surface area contributed by atoms with E-state index in [1.54, 1.807) is 18.3 Å². The zero-order valence-electron chi connectivity index (χ0n) is 38.1. The summed E-state index contributed by atoms with van der Waals surface area (Å²) in [5.41, 5.74) is 3.33. The summed E-state index contributed by atoms with van der Waals surface area (Å²) >= 11 is 1.66. The van der Waals surface area contributed by atoms with E-state index in [9.17, 15) is 4.79 Å². The Morgan fingerprint density at radius 1 is 0.831 bits per heavy atom. The number of rotatable bonds is 24. The first kappa shape index (κ1) is 46.5. The second kappa shape index (κ2) is 23.4. The van der Waals surface area contributed by atoms with Crippen LogP contribution in [0.4, 0.5) is 5.13 Å². The Bertz CT molecular complexity index is 2310. The number of hydrogen-bond donors (Lipinski definition) is 0. The number of para-hydroxylation sites is 1. The van der Waals surface area contributed by atoms with Crippen LogP contribution in [0.15, 0.2) is 96.1 Å². The standard InChI is InChI=1S/C53H65N3O8S/c1-4-5-25-56(53-55-48-9-6-7-10-50(48)65-53)54-33-44-32-47(62-34-38-11-14-40(15-12-38)41-17-20-45(21-18-41)59-28-29-61-52(57)37(2)3)23-24-49(44)63-35-39-13-16-43-31-46(22-19-42(43)30-39)58-26-8-27-60-51-36-64-51/h6-7,9-10,13,16,19,22-24,30-33,38,40-41,45,51H,2,4-5,8,11-12,14-15,17-18,20-21,25-29,34-36H2,1,3H3/b54-33+. The normalized spacial score (nSPS) is 20.8. The van der Waals surface area contributed by atoms with Crippen LogP contribution >= 0.6 is 11.3 Å². The number of hydrazone groups is 1. The summed E-state index contributed by atoms with van der Waals surface area (Å²) in [4.78, 5) is 16.6. The van der Waals surface area contributed by atoms with Gasteiger partial charge in [-0.3, -0.25) is 0 Å². The number of benzene rings is 4. The number of unbranched alkanes of at least 4 members (excludes halogenated alkanes) is 1. The van der Waals surface area contributed by atoms with Crippen molar-refractivity contribution in [2.75, 3.05) is 51.2 Å². The highest BCUT2D eigenvalue weighted by Gasteiger charge is 2.31. The minimum absolute atomic E-state index is 0.0186. The minimum Gasteiger partial charge on any atom is -0.493 e. The fourth-order valence-corrected chi connectivity index (χ4v) is 9.86. The van der Waals surface area contributed by atoms with E-state index >= 15 is 0 Å². The smallest absolute Gasteiger partial charge is 0.333 e. The molecule has 0 bridgehead atoms. The molecule has 3 fully saturated rings. The van der Waals surface area contributed by atoms with Crippen LogP contribution in [-0.2, 0) is 30.3 Å². The molecule has 12 heteroatoms. The molecule has 1 unspecified atom stereocenters. The van der Waals surface area contributed by atoms with Crippen LogP contribution in [0.25, 0.3) is 21.0 Å². The van der Waals surface area contributed by atoms with Crippen LogP contribution < -0.4 is 19.2 Å². The first-order chi connectivity index (χ1) is 31.9. The molecule has 4 aromatic carbocycles. The molecule has 0 spiro atoms. The highest BCUT2D eigenvalue weighted by atomic mass is 32.1. The van der Waals surface area contributed by atoms with Gasteiger partial charge in [-0.15, -0.1) is 0 Å². The lowest BCUT2D eigenvalue weighted by atomic mass is 9.71. The molecule has 0 amide bonds. The number of esters is 1. The van der Waals surface area contributed by atoms with Gasteiger partial charge in [0.25, 0.3) is 0 Å². The molecule has 2 saturated carbocycles. The van der Waals surface area contributed by atoms with Gasteiger partial charge in [-0.25, -0.2) is 14.8 Å². The molecule has 11 nitrogen and oxygen atoms in total. The number of aromatic nitrogens is 1. The summed E-state index contributed by atoms with van der Waals surface area (Å²) < 4.78 is 42.2. The Kier molecular flexibility index (Phi) is 16.8. The fraction of sp³-hybridized carbons (Fsp3) is 0.491. The van der Waals surface area contributed by atoms with Crippen LogP contribution in [0.1, 0.15) is 95.6 Å². The van der Waals surface area contributed by atoms with Crippen LogP contribution in [0.3, 0.4) is 0 Å². The SMILES string of the molecule is C=C(C)C(=O)OCCOC1CCC(C2CCC(COc3ccc(OCc4ccc5cc(OCCCOC6CO6)ccc5c4)c(/C=N/N(CCCC)c4nc5ccccc5s4)c3)CC2)CC1. The summed E-state index contributed by atoms with van der Waals surface area (Å²) in [5.74, 6) is 4.12. The van der Waals surface area contributed by atoms with Gasteiger partial charge in [0.05, 0.1) is 49.0 Å². The maximum atomic E-state index is 11.6. The molecule has 0 radical (unpaired) electrons. The van der Waals surface area contributed by atoms with Gasteiger partial charge in [0, 0.05) is 24.1 Å². The van der Waals surface area contributed by atoms with E-state index < -0.39 is 0 Å². The predicted octanol–water partition coefficient (Wildman–Crippen LogP) is 11.7. The van der Waals surface area contributed by atoms with E-state index in [2.05, 4.69) is 68.1 Å². The Balaban J connectivity index is 0.875. The Morgan fingerprint density at radius 3 is 2.37 bits per heavy atom. The molecule has 346 valence electrons. The Hall–Kier alpha value is -5.01. The maximum Gasteiger partial charge on any atom is 0.333 e. The highest BCUT2D eigenvalue weighted by molar-refractivity contribution is 7.22. The summed E-state index contributed by atoms with van der Waals surface area (Å²) in [5, 5.41) is 10.2. The Labute approximate surface area is 388 Å². The number of carbonyl (C=O) groups is 1. The lowest BCUT2D eigenvalue weighted by Gasteiger charge is -2.37. The quantitative estimate of drug-likeness (QED) is 0.0148. The van der Waals surface area contributed by atoms with Crippen molar-refractivity contribution in [1.82, 2.24) is 4.98 Å². The lowest BCUT2D eigenvalue weighted by molar-refractivity contribution is -0.141. The molecular weight excluding hydrogens is 839 g/mol. The number of carbonyl (C=O) groups excluding carboxylic acids is 1. The van der Waals surface area contributed by atoms with Crippen molar-refractivity contribution in [2.45, 2.75) is 103 Å².